The van der Waals surface area contributed by atoms with E-state index in [1.807, 2.05) is 18.2 Å². The van der Waals surface area contributed by atoms with Crippen LogP contribution in [0.4, 0.5) is 10.5 Å². The number of hydrogen-bond acceptors (Lipinski definition) is 4. The number of carbonyl (C=O) groups excluding carboxylic acids is 2. The summed E-state index contributed by atoms with van der Waals surface area (Å²) >= 11 is 6.07. The standard InChI is InChI=1S/C15H20ClN3O3/c1-11-3-4-12(16)9-13(11)19-7-5-18(6-8-19)10-14(20)17-15(21)22-2/h3-4,9H,5-8,10H2,1-2H3,(H,17,20,21)/p+1. The Balaban J connectivity index is 1.86. The van der Waals surface area contributed by atoms with E-state index in [-0.39, 0.29) is 12.5 Å². The number of anilines is 1. The van der Waals surface area contributed by atoms with Crippen molar-refractivity contribution < 1.29 is 19.2 Å². The minimum Gasteiger partial charge on any atom is -0.453 e. The first kappa shape index (κ1) is 16.6. The normalized spacial score (nSPS) is 15.5. The van der Waals surface area contributed by atoms with Crippen LogP contribution in [0.1, 0.15) is 5.56 Å². The van der Waals surface area contributed by atoms with Gasteiger partial charge >= 0.3 is 6.09 Å². The number of aryl methyl sites for hydroxylation is 1. The fraction of sp³-hybridized carbons (Fsp3) is 0.467. The fourth-order valence-corrected chi connectivity index (χ4v) is 2.77. The maximum Gasteiger partial charge on any atom is 0.413 e. The van der Waals surface area contributed by atoms with Crippen LogP contribution in [0.3, 0.4) is 0 Å². The molecule has 1 fully saturated rings. The first-order valence-corrected chi connectivity index (χ1v) is 7.60. The van der Waals surface area contributed by atoms with Crippen molar-refractivity contribution >= 4 is 29.3 Å². The predicted octanol–water partition coefficient (Wildman–Crippen LogP) is 0.236. The van der Waals surface area contributed by atoms with Crippen LogP contribution in [0.25, 0.3) is 0 Å². The third-order valence-corrected chi connectivity index (χ3v) is 4.05. The second kappa shape index (κ2) is 7.47. The number of rotatable bonds is 3. The van der Waals surface area contributed by atoms with Crippen LogP contribution in [0.2, 0.25) is 5.02 Å². The molecule has 0 aliphatic carbocycles. The zero-order valence-corrected chi connectivity index (χ0v) is 13.6. The lowest BCUT2D eigenvalue weighted by Gasteiger charge is -2.34. The highest BCUT2D eigenvalue weighted by Crippen LogP contribution is 2.24. The molecule has 2 amide bonds. The van der Waals surface area contributed by atoms with Gasteiger partial charge < -0.3 is 14.5 Å². The van der Waals surface area contributed by atoms with E-state index >= 15 is 0 Å². The molecule has 0 unspecified atom stereocenters. The number of nitrogens with one attached hydrogen (secondary N) is 2. The van der Waals surface area contributed by atoms with Crippen molar-refractivity contribution in [2.45, 2.75) is 6.92 Å². The van der Waals surface area contributed by atoms with Crippen molar-refractivity contribution in [1.29, 1.82) is 0 Å². The molecule has 1 aliphatic heterocycles. The van der Waals surface area contributed by atoms with E-state index in [0.29, 0.717) is 0 Å². The Morgan fingerprint density at radius 2 is 2.05 bits per heavy atom. The first-order valence-electron chi connectivity index (χ1n) is 7.22. The summed E-state index contributed by atoms with van der Waals surface area (Å²) in [6, 6.07) is 5.88. The molecule has 0 radical (unpaired) electrons. The summed E-state index contributed by atoms with van der Waals surface area (Å²) in [6.45, 7) is 5.71. The van der Waals surface area contributed by atoms with E-state index in [1.54, 1.807) is 0 Å². The molecule has 1 heterocycles. The van der Waals surface area contributed by atoms with Gasteiger partial charge in [0.25, 0.3) is 5.91 Å². The highest BCUT2D eigenvalue weighted by atomic mass is 35.5. The van der Waals surface area contributed by atoms with Crippen molar-refractivity contribution in [2.24, 2.45) is 0 Å². The summed E-state index contributed by atoms with van der Waals surface area (Å²) < 4.78 is 4.41. The second-order valence-electron chi connectivity index (χ2n) is 5.38. The summed E-state index contributed by atoms with van der Waals surface area (Å²) in [5.74, 6) is -0.311. The average Bonchev–Trinajstić information content (AvgIpc) is 2.50. The van der Waals surface area contributed by atoms with Crippen molar-refractivity contribution in [3.05, 3.63) is 28.8 Å². The van der Waals surface area contributed by atoms with E-state index in [0.717, 1.165) is 41.8 Å². The lowest BCUT2D eigenvalue weighted by Crippen LogP contribution is -3.16. The van der Waals surface area contributed by atoms with Gasteiger partial charge in [-0.1, -0.05) is 17.7 Å². The number of amides is 2. The lowest BCUT2D eigenvalue weighted by molar-refractivity contribution is -0.892. The minimum absolute atomic E-state index is 0.275. The number of halogens is 1. The summed E-state index contributed by atoms with van der Waals surface area (Å²) in [6.07, 6.45) is -0.711. The van der Waals surface area contributed by atoms with E-state index in [4.69, 9.17) is 11.6 Å². The third kappa shape index (κ3) is 4.35. The zero-order valence-electron chi connectivity index (χ0n) is 12.8. The number of quaternary nitrogens is 1. The smallest absolute Gasteiger partial charge is 0.413 e. The Bertz CT molecular complexity index is 557. The zero-order chi connectivity index (χ0) is 16.1. The molecule has 2 N–H and O–H groups in total. The number of benzene rings is 1. The number of imide groups is 1. The molecule has 1 aromatic rings. The van der Waals surface area contributed by atoms with Gasteiger partial charge in [-0.05, 0) is 24.6 Å². The molecule has 1 aliphatic rings. The highest BCUT2D eigenvalue weighted by Gasteiger charge is 2.24. The van der Waals surface area contributed by atoms with E-state index in [9.17, 15) is 9.59 Å². The van der Waals surface area contributed by atoms with Crippen LogP contribution in [-0.2, 0) is 9.53 Å². The van der Waals surface area contributed by atoms with Crippen molar-refractivity contribution in [2.75, 3.05) is 44.7 Å². The number of piperazine rings is 1. The topological polar surface area (TPSA) is 63.1 Å². The van der Waals surface area contributed by atoms with E-state index in [1.165, 1.54) is 12.7 Å². The van der Waals surface area contributed by atoms with Gasteiger partial charge in [-0.15, -0.1) is 0 Å². The molecule has 6 nitrogen and oxygen atoms in total. The summed E-state index contributed by atoms with van der Waals surface area (Å²) in [4.78, 5) is 26.1. The number of nitrogens with zero attached hydrogens (tertiary/aromatic N) is 1. The second-order valence-corrected chi connectivity index (χ2v) is 5.82. The molecule has 7 heteroatoms. The highest BCUT2D eigenvalue weighted by molar-refractivity contribution is 6.30. The van der Waals surface area contributed by atoms with Crippen molar-refractivity contribution in [3.63, 3.8) is 0 Å². The molecule has 0 spiro atoms. The van der Waals surface area contributed by atoms with Gasteiger partial charge in [0.15, 0.2) is 6.54 Å². The first-order chi connectivity index (χ1) is 10.5. The molecule has 1 aromatic carbocycles. The predicted molar refractivity (Wildman–Crippen MR) is 84.5 cm³/mol. The summed E-state index contributed by atoms with van der Waals surface area (Å²) in [5.41, 5.74) is 2.34. The number of carbonyl (C=O) groups is 2. The summed E-state index contributed by atoms with van der Waals surface area (Å²) in [7, 11) is 1.24. The van der Waals surface area contributed by atoms with Gasteiger partial charge in [-0.3, -0.25) is 10.1 Å². The Morgan fingerprint density at radius 1 is 1.36 bits per heavy atom. The van der Waals surface area contributed by atoms with Crippen molar-refractivity contribution in [1.82, 2.24) is 5.32 Å². The monoisotopic (exact) mass is 326 g/mol. The molecule has 120 valence electrons. The lowest BCUT2D eigenvalue weighted by atomic mass is 10.1. The van der Waals surface area contributed by atoms with Crippen LogP contribution < -0.4 is 15.1 Å². The Kier molecular flexibility index (Phi) is 5.63. The van der Waals surface area contributed by atoms with Gasteiger partial charge in [0.2, 0.25) is 0 Å². The molecule has 0 atom stereocenters. The number of hydrogen-bond donors (Lipinski definition) is 2. The van der Waals surface area contributed by atoms with Gasteiger partial charge in [0.05, 0.1) is 33.3 Å². The minimum atomic E-state index is -0.711. The Morgan fingerprint density at radius 3 is 2.68 bits per heavy atom. The van der Waals surface area contributed by atoms with Crippen molar-refractivity contribution in [3.8, 4) is 0 Å². The molecule has 1 saturated heterocycles. The molecular weight excluding hydrogens is 306 g/mol. The van der Waals surface area contributed by atoms with Crippen LogP contribution in [0, 0.1) is 6.92 Å². The SMILES string of the molecule is COC(=O)NC(=O)C[NH+]1CCN(c2cc(Cl)ccc2C)CC1. The van der Waals surface area contributed by atoms with Gasteiger partial charge in [0.1, 0.15) is 0 Å². The molecule has 22 heavy (non-hydrogen) atoms. The maximum absolute atomic E-state index is 11.7. The van der Waals surface area contributed by atoms with E-state index < -0.39 is 6.09 Å². The summed E-state index contributed by atoms with van der Waals surface area (Å²) in [5, 5.41) is 2.91. The Hall–Kier alpha value is -1.79. The van der Waals surface area contributed by atoms with Crippen LogP contribution in [0.5, 0.6) is 0 Å². The van der Waals surface area contributed by atoms with Crippen LogP contribution in [0.15, 0.2) is 18.2 Å². The number of alkyl carbamates (subject to hydrolysis) is 1. The fourth-order valence-electron chi connectivity index (χ4n) is 2.60. The maximum atomic E-state index is 11.7. The van der Waals surface area contributed by atoms with Gasteiger partial charge in [0, 0.05) is 10.7 Å². The van der Waals surface area contributed by atoms with Crippen LogP contribution in [-0.4, -0.2) is 51.8 Å². The van der Waals surface area contributed by atoms with Gasteiger partial charge in [-0.2, -0.15) is 0 Å². The van der Waals surface area contributed by atoms with Crippen LogP contribution >= 0.6 is 11.6 Å². The average molecular weight is 327 g/mol. The number of methoxy groups -OCH3 is 1. The molecule has 0 bridgehead atoms. The van der Waals surface area contributed by atoms with Gasteiger partial charge in [-0.25, -0.2) is 4.79 Å². The Labute approximate surface area is 135 Å². The van der Waals surface area contributed by atoms with E-state index in [2.05, 4.69) is 21.9 Å². The largest absolute Gasteiger partial charge is 0.453 e. The molecule has 2 rings (SSSR count). The molecule has 0 aromatic heterocycles. The third-order valence-electron chi connectivity index (χ3n) is 3.82. The molecule has 0 saturated carbocycles. The molecular formula is C15H21ClN3O3+. The quantitative estimate of drug-likeness (QED) is 0.835. The number of ether oxygens (including phenoxy) is 1.